The lowest BCUT2D eigenvalue weighted by Crippen LogP contribution is -2.41. The van der Waals surface area contributed by atoms with Crippen molar-refractivity contribution >= 4 is 36.1 Å². The van der Waals surface area contributed by atoms with Crippen LogP contribution in [0.25, 0.3) is 0 Å². The van der Waals surface area contributed by atoms with E-state index in [1.54, 1.807) is 7.11 Å². The van der Waals surface area contributed by atoms with Crippen LogP contribution in [-0.2, 0) is 8.85 Å². The van der Waals surface area contributed by atoms with Crippen LogP contribution in [0.4, 0.5) is 0 Å². The molecule has 0 aromatic carbocycles. The Morgan fingerprint density at radius 2 is 2.08 bits per heavy atom. The van der Waals surface area contributed by atoms with E-state index in [9.17, 15) is 0 Å². The first-order chi connectivity index (χ1) is 5.60. The van der Waals surface area contributed by atoms with Gasteiger partial charge in [-0.2, -0.15) is 0 Å². The van der Waals surface area contributed by atoms with Crippen LogP contribution >= 0.6 is 27.5 Å². The summed E-state index contributed by atoms with van der Waals surface area (Å²) in [6.45, 7) is 4.20. The lowest BCUT2D eigenvalue weighted by molar-refractivity contribution is 0.220. The van der Waals surface area contributed by atoms with Crippen molar-refractivity contribution in [3.8, 4) is 0 Å². The molecule has 0 saturated heterocycles. The maximum absolute atomic E-state index is 5.70. The summed E-state index contributed by atoms with van der Waals surface area (Å²) in [7, 11) is -0.279. The van der Waals surface area contributed by atoms with Crippen molar-refractivity contribution in [1.29, 1.82) is 0 Å². The molecule has 0 rings (SSSR count). The molecule has 0 saturated carbocycles. The topological polar surface area (TPSA) is 18.5 Å². The van der Waals surface area contributed by atoms with Gasteiger partial charge in [0.1, 0.15) is 0 Å². The van der Waals surface area contributed by atoms with Crippen LogP contribution in [0.3, 0.4) is 0 Å². The highest BCUT2D eigenvalue weighted by molar-refractivity contribution is 9.10. The first-order valence-corrected chi connectivity index (χ1v) is 7.69. The number of hydrogen-bond donors (Lipinski definition) is 0. The molecule has 0 aromatic rings. The van der Waals surface area contributed by atoms with Crippen LogP contribution in [0.1, 0.15) is 20.3 Å². The summed E-state index contributed by atoms with van der Waals surface area (Å²) in [5, 5.41) is 0. The molecule has 0 N–H and O–H groups in total. The first kappa shape index (κ1) is 12.9. The maximum Gasteiger partial charge on any atom is 0.339 e. The van der Waals surface area contributed by atoms with Gasteiger partial charge in [0, 0.05) is 7.11 Å². The summed E-state index contributed by atoms with van der Waals surface area (Å²) in [6.07, 6.45) is 1.07. The summed E-state index contributed by atoms with van der Waals surface area (Å²) in [6, 6.07) is 1.93. The summed E-state index contributed by atoms with van der Waals surface area (Å²) >= 11 is 8.86. The Balaban J connectivity index is 4.13. The molecule has 0 aromatic heterocycles. The summed E-state index contributed by atoms with van der Waals surface area (Å²) in [4.78, 5) is 0. The first-order valence-electron chi connectivity index (χ1n) is 4.11. The van der Waals surface area contributed by atoms with Gasteiger partial charge in [0.05, 0.1) is 0 Å². The van der Waals surface area contributed by atoms with E-state index in [2.05, 4.69) is 29.8 Å². The molecule has 0 fully saturated rings. The van der Waals surface area contributed by atoms with Gasteiger partial charge in [-0.1, -0.05) is 31.9 Å². The highest BCUT2D eigenvalue weighted by Gasteiger charge is 2.35. The standard InChI is InChI=1S/C7H16BrClO2Si/c1-4-6-12(5-2,10-3)11-7(8)9/h7H,4-6H2,1-3H3. The quantitative estimate of drug-likeness (QED) is 0.546. The Labute approximate surface area is 89.0 Å². The third-order valence-corrected chi connectivity index (χ3v) is 6.36. The monoisotopic (exact) mass is 274 g/mol. The lowest BCUT2D eigenvalue weighted by atomic mass is 10.6. The van der Waals surface area contributed by atoms with E-state index in [4.69, 9.17) is 20.5 Å². The SMILES string of the molecule is CCC[Si](CC)(OC)OC(Cl)Br. The average molecular weight is 276 g/mol. The van der Waals surface area contributed by atoms with Crippen molar-refractivity contribution < 1.29 is 8.85 Å². The van der Waals surface area contributed by atoms with E-state index >= 15 is 0 Å². The number of rotatable bonds is 6. The van der Waals surface area contributed by atoms with E-state index < -0.39 is 13.0 Å². The van der Waals surface area contributed by atoms with Gasteiger partial charge in [-0.15, -0.1) is 0 Å². The summed E-state index contributed by atoms with van der Waals surface area (Å²) in [5.74, 6) is 0. The van der Waals surface area contributed by atoms with Crippen molar-refractivity contribution in [2.75, 3.05) is 7.11 Å². The highest BCUT2D eigenvalue weighted by Crippen LogP contribution is 2.24. The lowest BCUT2D eigenvalue weighted by Gasteiger charge is -2.28. The third-order valence-electron chi connectivity index (χ3n) is 1.85. The smallest absolute Gasteiger partial charge is 0.339 e. The minimum Gasteiger partial charge on any atom is -0.398 e. The highest BCUT2D eigenvalue weighted by atomic mass is 79.9. The van der Waals surface area contributed by atoms with Crippen molar-refractivity contribution in [2.45, 2.75) is 36.8 Å². The van der Waals surface area contributed by atoms with Crippen LogP contribution in [0, 0.1) is 0 Å². The van der Waals surface area contributed by atoms with Crippen LogP contribution < -0.4 is 0 Å². The second-order valence-electron chi connectivity index (χ2n) is 2.60. The Hall–Kier alpha value is 0.907. The number of alkyl halides is 2. The molecule has 0 aliphatic rings. The van der Waals surface area contributed by atoms with Crippen LogP contribution in [0.5, 0.6) is 0 Å². The normalized spacial score (nSPS) is 18.8. The van der Waals surface area contributed by atoms with Gasteiger partial charge >= 0.3 is 8.56 Å². The van der Waals surface area contributed by atoms with Gasteiger partial charge in [-0.25, -0.2) is 0 Å². The molecule has 2 unspecified atom stereocenters. The molecule has 0 heterocycles. The minimum atomic E-state index is -1.99. The van der Waals surface area contributed by atoms with Crippen LogP contribution in [0.15, 0.2) is 0 Å². The molecule has 0 amide bonds. The van der Waals surface area contributed by atoms with E-state index in [1.807, 2.05) is 0 Å². The molecule has 0 aliphatic heterocycles. The molecular weight excluding hydrogens is 260 g/mol. The molecular formula is C7H16BrClO2Si. The summed E-state index contributed by atoms with van der Waals surface area (Å²) < 4.78 is 10.6. The Kier molecular flexibility index (Phi) is 6.86. The van der Waals surface area contributed by atoms with E-state index in [0.717, 1.165) is 18.5 Å². The van der Waals surface area contributed by atoms with Gasteiger partial charge in [0.15, 0.2) is 4.47 Å². The molecule has 0 bridgehead atoms. The van der Waals surface area contributed by atoms with E-state index in [-0.39, 0.29) is 0 Å². The van der Waals surface area contributed by atoms with Crippen LogP contribution in [-0.4, -0.2) is 20.1 Å². The average Bonchev–Trinajstić information content (AvgIpc) is 2.03. The Morgan fingerprint density at radius 1 is 1.50 bits per heavy atom. The van der Waals surface area contributed by atoms with Crippen molar-refractivity contribution in [2.24, 2.45) is 0 Å². The number of halogens is 2. The Morgan fingerprint density at radius 3 is 2.33 bits per heavy atom. The Bertz CT molecular complexity index is 120. The molecule has 12 heavy (non-hydrogen) atoms. The van der Waals surface area contributed by atoms with Crippen molar-refractivity contribution in [1.82, 2.24) is 0 Å². The van der Waals surface area contributed by atoms with Gasteiger partial charge in [-0.3, -0.25) is 0 Å². The van der Waals surface area contributed by atoms with Crippen molar-refractivity contribution in [3.63, 3.8) is 0 Å². The molecule has 0 aliphatic carbocycles. The van der Waals surface area contributed by atoms with Crippen LogP contribution in [0.2, 0.25) is 12.1 Å². The molecule has 0 radical (unpaired) electrons. The third kappa shape index (κ3) is 4.23. The largest absolute Gasteiger partial charge is 0.398 e. The second kappa shape index (κ2) is 6.37. The predicted molar refractivity (Wildman–Crippen MR) is 58.0 cm³/mol. The molecule has 0 spiro atoms. The second-order valence-corrected chi connectivity index (χ2v) is 8.02. The molecule has 74 valence electrons. The van der Waals surface area contributed by atoms with E-state index in [1.165, 1.54) is 0 Å². The zero-order valence-corrected chi connectivity index (χ0v) is 11.1. The summed E-state index contributed by atoms with van der Waals surface area (Å²) in [5.41, 5.74) is 0. The fraction of sp³-hybridized carbons (Fsp3) is 1.00. The fourth-order valence-corrected chi connectivity index (χ4v) is 4.98. The van der Waals surface area contributed by atoms with Gasteiger partial charge in [-0.05, 0) is 28.0 Å². The van der Waals surface area contributed by atoms with Gasteiger partial charge in [0.2, 0.25) is 0 Å². The van der Waals surface area contributed by atoms with Crippen molar-refractivity contribution in [3.05, 3.63) is 0 Å². The molecule has 2 nitrogen and oxygen atoms in total. The number of hydrogen-bond acceptors (Lipinski definition) is 2. The molecule has 2 atom stereocenters. The maximum atomic E-state index is 5.70. The van der Waals surface area contributed by atoms with Gasteiger partial charge in [0.25, 0.3) is 0 Å². The zero-order valence-electron chi connectivity index (χ0n) is 7.77. The zero-order chi connectivity index (χ0) is 9.61. The fourth-order valence-electron chi connectivity index (χ4n) is 1.16. The van der Waals surface area contributed by atoms with Gasteiger partial charge < -0.3 is 8.85 Å². The predicted octanol–water partition coefficient (Wildman–Crippen LogP) is 3.44. The minimum absolute atomic E-state index is 0.421. The van der Waals surface area contributed by atoms with E-state index in [0.29, 0.717) is 0 Å². The molecule has 5 heteroatoms.